The number of nitrogens with one attached hydrogen (secondary N) is 1. The van der Waals surface area contributed by atoms with E-state index >= 15 is 0 Å². The predicted molar refractivity (Wildman–Crippen MR) is 55.7 cm³/mol. The summed E-state index contributed by atoms with van der Waals surface area (Å²) < 4.78 is 0. The summed E-state index contributed by atoms with van der Waals surface area (Å²) in [6, 6.07) is 0. The molecule has 0 saturated heterocycles. The van der Waals surface area contributed by atoms with Gasteiger partial charge in [-0.3, -0.25) is 9.59 Å². The Morgan fingerprint density at radius 2 is 2.20 bits per heavy atom. The van der Waals surface area contributed by atoms with Crippen LogP contribution in [0.4, 0.5) is 0 Å². The molecule has 0 bridgehead atoms. The van der Waals surface area contributed by atoms with E-state index in [1.54, 1.807) is 6.92 Å². The van der Waals surface area contributed by atoms with Crippen LogP contribution in [0.1, 0.15) is 22.5 Å². The first-order valence-corrected chi connectivity index (χ1v) is 5.22. The lowest BCUT2D eigenvalue weighted by Gasteiger charge is -1.95. The average Bonchev–Trinajstić information content (AvgIpc) is 2.43. The van der Waals surface area contributed by atoms with Gasteiger partial charge in [0.2, 0.25) is 5.91 Å². The summed E-state index contributed by atoms with van der Waals surface area (Å²) in [5.74, 6) is -0.990. The fourth-order valence-electron chi connectivity index (χ4n) is 1.07. The molecule has 0 radical (unpaired) electrons. The molecule has 6 heteroatoms. The van der Waals surface area contributed by atoms with Gasteiger partial charge >= 0.3 is 5.97 Å². The number of hydrogen-bond donors (Lipinski definition) is 2. The van der Waals surface area contributed by atoms with Crippen LogP contribution in [0.3, 0.4) is 0 Å². The molecule has 0 aromatic carbocycles. The van der Waals surface area contributed by atoms with E-state index in [4.69, 9.17) is 5.11 Å². The number of aryl methyl sites for hydroxylation is 1. The first kappa shape index (κ1) is 11.6. The molecule has 0 aliphatic heterocycles. The van der Waals surface area contributed by atoms with Gasteiger partial charge in [-0.1, -0.05) is 0 Å². The number of nitrogens with zero attached hydrogens (tertiary/aromatic N) is 1. The standard InChI is InChI=1S/C9H12N2O3S/c1-5-7(3-9(13)14)15-8(11-5)4-10-6(2)12/h3-4H2,1-2H3,(H,10,12)(H,13,14). The minimum atomic E-state index is -0.868. The quantitative estimate of drug-likeness (QED) is 0.795. The molecule has 0 fully saturated rings. The number of amides is 1. The van der Waals surface area contributed by atoms with Crippen molar-refractivity contribution in [1.82, 2.24) is 10.3 Å². The van der Waals surface area contributed by atoms with Gasteiger partial charge in [0.25, 0.3) is 0 Å². The van der Waals surface area contributed by atoms with Gasteiger partial charge in [0, 0.05) is 11.8 Å². The lowest BCUT2D eigenvalue weighted by Crippen LogP contribution is -2.18. The molecule has 1 aromatic rings. The Balaban J connectivity index is 2.68. The summed E-state index contributed by atoms with van der Waals surface area (Å²) in [5, 5.41) is 12.0. The lowest BCUT2D eigenvalue weighted by atomic mass is 10.3. The molecule has 0 unspecified atom stereocenters. The van der Waals surface area contributed by atoms with Crippen molar-refractivity contribution in [1.29, 1.82) is 0 Å². The van der Waals surface area contributed by atoms with E-state index in [0.29, 0.717) is 6.54 Å². The molecule has 1 amide bonds. The first-order valence-electron chi connectivity index (χ1n) is 4.40. The van der Waals surface area contributed by atoms with Crippen molar-refractivity contribution in [2.75, 3.05) is 0 Å². The maximum absolute atomic E-state index is 10.7. The van der Waals surface area contributed by atoms with Crippen LogP contribution < -0.4 is 5.32 Å². The molecular weight excluding hydrogens is 216 g/mol. The Morgan fingerprint density at radius 3 is 2.73 bits per heavy atom. The smallest absolute Gasteiger partial charge is 0.308 e. The maximum atomic E-state index is 10.7. The zero-order chi connectivity index (χ0) is 11.4. The van der Waals surface area contributed by atoms with Crippen molar-refractivity contribution in [2.45, 2.75) is 26.8 Å². The molecule has 0 spiro atoms. The fourth-order valence-corrected chi connectivity index (χ4v) is 2.07. The highest BCUT2D eigenvalue weighted by Crippen LogP contribution is 2.18. The zero-order valence-electron chi connectivity index (χ0n) is 8.53. The van der Waals surface area contributed by atoms with E-state index in [9.17, 15) is 9.59 Å². The molecular formula is C9H12N2O3S. The van der Waals surface area contributed by atoms with Crippen molar-refractivity contribution < 1.29 is 14.7 Å². The van der Waals surface area contributed by atoms with Gasteiger partial charge in [-0.15, -0.1) is 11.3 Å². The second-order valence-electron chi connectivity index (χ2n) is 3.10. The summed E-state index contributed by atoms with van der Waals surface area (Å²) in [4.78, 5) is 26.1. The summed E-state index contributed by atoms with van der Waals surface area (Å²) in [6.45, 7) is 3.56. The third-order valence-electron chi connectivity index (χ3n) is 1.74. The topological polar surface area (TPSA) is 79.3 Å². The highest BCUT2D eigenvalue weighted by Gasteiger charge is 2.10. The number of hydrogen-bond acceptors (Lipinski definition) is 4. The summed E-state index contributed by atoms with van der Waals surface area (Å²) in [5.41, 5.74) is 0.725. The Morgan fingerprint density at radius 1 is 1.53 bits per heavy atom. The number of carboxylic acids is 1. The van der Waals surface area contributed by atoms with Crippen LogP contribution in [0.2, 0.25) is 0 Å². The Labute approximate surface area is 91.1 Å². The van der Waals surface area contributed by atoms with Crippen LogP contribution >= 0.6 is 11.3 Å². The summed E-state index contributed by atoms with van der Waals surface area (Å²) in [6.07, 6.45) is -0.0103. The number of aromatic nitrogens is 1. The molecule has 1 rings (SSSR count). The first-order chi connectivity index (χ1) is 6.99. The van der Waals surface area contributed by atoms with Crippen molar-refractivity contribution in [2.24, 2.45) is 0 Å². The number of carboxylic acid groups (broad SMARTS) is 1. The summed E-state index contributed by atoms with van der Waals surface area (Å²) in [7, 11) is 0. The number of rotatable bonds is 4. The highest BCUT2D eigenvalue weighted by atomic mass is 32.1. The number of thiazole rings is 1. The Hall–Kier alpha value is -1.43. The Kier molecular flexibility index (Phi) is 3.79. The van der Waals surface area contributed by atoms with Crippen LogP contribution in [0.15, 0.2) is 0 Å². The van der Waals surface area contributed by atoms with Gasteiger partial charge in [0.1, 0.15) is 5.01 Å². The third-order valence-corrected chi connectivity index (χ3v) is 2.89. The number of carbonyl (C=O) groups is 2. The molecule has 0 saturated carbocycles. The molecule has 0 atom stereocenters. The van der Waals surface area contributed by atoms with E-state index in [1.165, 1.54) is 18.3 Å². The second-order valence-corrected chi connectivity index (χ2v) is 4.26. The van der Waals surface area contributed by atoms with E-state index in [0.717, 1.165) is 15.6 Å². The largest absolute Gasteiger partial charge is 0.481 e. The van der Waals surface area contributed by atoms with Crippen LogP contribution in [0.5, 0.6) is 0 Å². The minimum absolute atomic E-state index is 0.0103. The lowest BCUT2D eigenvalue weighted by molar-refractivity contribution is -0.136. The molecule has 0 aliphatic rings. The van der Waals surface area contributed by atoms with E-state index < -0.39 is 5.97 Å². The van der Waals surface area contributed by atoms with Gasteiger partial charge < -0.3 is 10.4 Å². The van der Waals surface area contributed by atoms with Crippen LogP contribution in [0.25, 0.3) is 0 Å². The molecule has 1 aromatic heterocycles. The van der Waals surface area contributed by atoms with Crippen LogP contribution in [-0.4, -0.2) is 22.0 Å². The fraction of sp³-hybridized carbons (Fsp3) is 0.444. The molecule has 2 N–H and O–H groups in total. The van der Waals surface area contributed by atoms with Crippen molar-refractivity contribution in [3.05, 3.63) is 15.6 Å². The minimum Gasteiger partial charge on any atom is -0.481 e. The van der Waals surface area contributed by atoms with Crippen molar-refractivity contribution in [3.8, 4) is 0 Å². The third kappa shape index (κ3) is 3.67. The monoisotopic (exact) mass is 228 g/mol. The van der Waals surface area contributed by atoms with Gasteiger partial charge in [0.05, 0.1) is 18.7 Å². The van der Waals surface area contributed by atoms with E-state index in [-0.39, 0.29) is 12.3 Å². The van der Waals surface area contributed by atoms with Gasteiger partial charge in [-0.25, -0.2) is 4.98 Å². The Bertz CT molecular complexity index is 387. The molecule has 5 nitrogen and oxygen atoms in total. The number of carbonyl (C=O) groups excluding carboxylic acids is 1. The van der Waals surface area contributed by atoms with E-state index in [2.05, 4.69) is 10.3 Å². The van der Waals surface area contributed by atoms with Gasteiger partial charge in [-0.05, 0) is 6.92 Å². The molecule has 1 heterocycles. The van der Waals surface area contributed by atoms with Crippen molar-refractivity contribution >= 4 is 23.2 Å². The van der Waals surface area contributed by atoms with Gasteiger partial charge in [-0.2, -0.15) is 0 Å². The summed E-state index contributed by atoms with van der Waals surface area (Å²) >= 11 is 1.32. The molecule has 0 aliphatic carbocycles. The second kappa shape index (κ2) is 4.88. The van der Waals surface area contributed by atoms with Crippen LogP contribution in [0, 0.1) is 6.92 Å². The SMILES string of the molecule is CC(=O)NCc1nc(C)c(CC(=O)O)s1. The zero-order valence-corrected chi connectivity index (χ0v) is 9.35. The molecule has 82 valence electrons. The van der Waals surface area contributed by atoms with Crippen molar-refractivity contribution in [3.63, 3.8) is 0 Å². The predicted octanol–water partition coefficient (Wildman–Crippen LogP) is 0.715. The normalized spacial score (nSPS) is 10.0. The average molecular weight is 228 g/mol. The molecule has 15 heavy (non-hydrogen) atoms. The highest BCUT2D eigenvalue weighted by molar-refractivity contribution is 7.11. The number of aliphatic carboxylic acids is 1. The van der Waals surface area contributed by atoms with Crippen LogP contribution in [-0.2, 0) is 22.6 Å². The van der Waals surface area contributed by atoms with E-state index in [1.807, 2.05) is 0 Å². The van der Waals surface area contributed by atoms with Gasteiger partial charge in [0.15, 0.2) is 0 Å². The maximum Gasteiger partial charge on any atom is 0.308 e.